The molecule has 0 fully saturated rings. The Hall–Kier alpha value is -3.71. The minimum atomic E-state index is -0.957. The summed E-state index contributed by atoms with van der Waals surface area (Å²) in [4.78, 5) is 16.0. The van der Waals surface area contributed by atoms with Crippen LogP contribution in [0.5, 0.6) is 5.75 Å². The van der Waals surface area contributed by atoms with E-state index in [-0.39, 0.29) is 26.0 Å². The lowest BCUT2D eigenvalue weighted by atomic mass is 10.0. The van der Waals surface area contributed by atoms with Gasteiger partial charge in [0.05, 0.1) is 12.6 Å². The number of nitrogens with zero attached hydrogens (tertiary/aromatic N) is 6. The van der Waals surface area contributed by atoms with E-state index in [0.717, 1.165) is 5.56 Å². The highest BCUT2D eigenvalue weighted by atomic mass is 16.5. The molecule has 10 nitrogen and oxygen atoms in total. The molecule has 0 aliphatic heterocycles. The van der Waals surface area contributed by atoms with Crippen LogP contribution >= 0.6 is 0 Å². The summed E-state index contributed by atoms with van der Waals surface area (Å²) >= 11 is 0. The molecule has 0 spiro atoms. The number of rotatable bonds is 10. The number of aliphatic hydroxyl groups is 1. The molecule has 0 amide bonds. The Morgan fingerprint density at radius 1 is 1.11 bits per heavy atom. The number of benzene rings is 2. The second kappa shape index (κ2) is 10.4. The highest BCUT2D eigenvalue weighted by molar-refractivity contribution is 5.66. The van der Waals surface area contributed by atoms with Gasteiger partial charge < -0.3 is 14.9 Å². The molecule has 28 heavy (non-hydrogen) atoms. The zero-order chi connectivity index (χ0) is 20.4. The van der Waals surface area contributed by atoms with E-state index in [1.165, 1.54) is 0 Å². The van der Waals surface area contributed by atoms with Gasteiger partial charge in [-0.3, -0.25) is 4.79 Å². The molecule has 2 N–H and O–H groups in total. The smallest absolute Gasteiger partial charge is 0.303 e. The Morgan fingerprint density at radius 3 is 2.46 bits per heavy atom. The van der Waals surface area contributed by atoms with Gasteiger partial charge in [0.25, 0.3) is 0 Å². The monoisotopic (exact) mass is 382 g/mol. The molecule has 2 rings (SSSR count). The predicted octanol–water partition coefficient (Wildman–Crippen LogP) is 4.92. The van der Waals surface area contributed by atoms with Crippen molar-refractivity contribution < 1.29 is 19.7 Å². The van der Waals surface area contributed by atoms with Crippen LogP contribution in [0.15, 0.2) is 52.7 Å². The standard InChI is InChI=1S/C18H18N6O4/c19-23-21-10-12-7-13(9-15(8-12)22-24-20)11-28-16-3-1-14(2-4-16)17(25)5-6-18(26)27/h1-4,7-9,17,25H,5-6,10-11H2,(H,26,27). The fraction of sp³-hybridized carbons (Fsp3) is 0.278. The maximum absolute atomic E-state index is 10.6. The number of ether oxygens (including phenoxy) is 1. The van der Waals surface area contributed by atoms with E-state index in [0.29, 0.717) is 22.6 Å². The van der Waals surface area contributed by atoms with Crippen LogP contribution in [0.1, 0.15) is 35.6 Å². The summed E-state index contributed by atoms with van der Waals surface area (Å²) in [5.41, 5.74) is 19.5. The molecule has 0 heterocycles. The molecule has 0 bridgehead atoms. The van der Waals surface area contributed by atoms with Gasteiger partial charge in [0.1, 0.15) is 12.4 Å². The van der Waals surface area contributed by atoms with Gasteiger partial charge in [0.15, 0.2) is 0 Å². The zero-order valence-corrected chi connectivity index (χ0v) is 14.8. The Balaban J connectivity index is 2.04. The van der Waals surface area contributed by atoms with Gasteiger partial charge in [0.2, 0.25) is 0 Å². The van der Waals surface area contributed by atoms with E-state index in [9.17, 15) is 9.90 Å². The van der Waals surface area contributed by atoms with Crippen LogP contribution in [0.3, 0.4) is 0 Å². The van der Waals surface area contributed by atoms with Crippen molar-refractivity contribution in [2.75, 3.05) is 0 Å². The van der Waals surface area contributed by atoms with Crippen molar-refractivity contribution in [3.05, 3.63) is 80.0 Å². The van der Waals surface area contributed by atoms with Gasteiger partial charge in [-0.1, -0.05) is 28.4 Å². The molecule has 0 saturated carbocycles. The second-order valence-electron chi connectivity index (χ2n) is 5.89. The van der Waals surface area contributed by atoms with Crippen molar-refractivity contribution in [2.24, 2.45) is 10.2 Å². The van der Waals surface area contributed by atoms with E-state index in [1.807, 2.05) is 0 Å². The fourth-order valence-corrected chi connectivity index (χ4v) is 2.52. The predicted molar refractivity (Wildman–Crippen MR) is 101 cm³/mol. The van der Waals surface area contributed by atoms with Gasteiger partial charge in [-0.25, -0.2) is 0 Å². The van der Waals surface area contributed by atoms with Crippen LogP contribution in [0, 0.1) is 0 Å². The number of aliphatic carboxylic acids is 1. The van der Waals surface area contributed by atoms with Crippen LogP contribution in [0.4, 0.5) is 5.69 Å². The lowest BCUT2D eigenvalue weighted by Crippen LogP contribution is -2.02. The molecular formula is C18H18N6O4. The van der Waals surface area contributed by atoms with Gasteiger partial charge in [0, 0.05) is 21.9 Å². The summed E-state index contributed by atoms with van der Waals surface area (Å²) in [6.07, 6.45) is -0.830. The number of carboxylic acid groups (broad SMARTS) is 1. The van der Waals surface area contributed by atoms with E-state index in [1.54, 1.807) is 42.5 Å². The third-order valence-electron chi connectivity index (χ3n) is 3.82. The minimum Gasteiger partial charge on any atom is -0.489 e. The van der Waals surface area contributed by atoms with Gasteiger partial charge in [-0.2, -0.15) is 0 Å². The zero-order valence-electron chi connectivity index (χ0n) is 14.8. The molecule has 1 unspecified atom stereocenters. The molecule has 1 atom stereocenters. The average Bonchev–Trinajstić information content (AvgIpc) is 2.69. The van der Waals surface area contributed by atoms with Crippen molar-refractivity contribution in [1.29, 1.82) is 0 Å². The molecule has 144 valence electrons. The first-order chi connectivity index (χ1) is 13.5. The van der Waals surface area contributed by atoms with Crippen LogP contribution in [0.2, 0.25) is 0 Å². The lowest BCUT2D eigenvalue weighted by molar-refractivity contribution is -0.137. The van der Waals surface area contributed by atoms with E-state index in [2.05, 4.69) is 20.1 Å². The summed E-state index contributed by atoms with van der Waals surface area (Å²) in [5.74, 6) is -0.401. The maximum Gasteiger partial charge on any atom is 0.303 e. The summed E-state index contributed by atoms with van der Waals surface area (Å²) in [6.45, 7) is 0.320. The molecule has 2 aromatic rings. The number of carboxylic acids is 1. The van der Waals surface area contributed by atoms with Gasteiger partial charge in [-0.15, -0.1) is 0 Å². The van der Waals surface area contributed by atoms with E-state index in [4.69, 9.17) is 20.9 Å². The summed E-state index contributed by atoms with van der Waals surface area (Å²) in [7, 11) is 0. The third kappa shape index (κ3) is 6.54. The SMILES string of the molecule is [N-]=[N+]=NCc1cc(COc2ccc(C(O)CCC(=O)O)cc2)cc(N=[N+]=[N-])c1. The first kappa shape index (κ1) is 20.6. The number of aliphatic hydroxyl groups excluding tert-OH is 1. The number of hydrogen-bond acceptors (Lipinski definition) is 5. The molecule has 2 aromatic carbocycles. The third-order valence-corrected chi connectivity index (χ3v) is 3.82. The van der Waals surface area contributed by atoms with Crippen LogP contribution < -0.4 is 4.74 Å². The molecule has 0 saturated heterocycles. The largest absolute Gasteiger partial charge is 0.489 e. The van der Waals surface area contributed by atoms with Gasteiger partial charge >= 0.3 is 5.97 Å². The van der Waals surface area contributed by atoms with Crippen LogP contribution in [-0.4, -0.2) is 16.2 Å². The summed E-state index contributed by atoms with van der Waals surface area (Å²) in [6, 6.07) is 11.8. The van der Waals surface area contributed by atoms with Crippen molar-refractivity contribution in [2.45, 2.75) is 32.1 Å². The first-order valence-electron chi connectivity index (χ1n) is 8.33. The normalized spacial score (nSPS) is 11.0. The number of carbonyl (C=O) groups is 1. The number of hydrogen-bond donors (Lipinski definition) is 2. The van der Waals surface area contributed by atoms with Crippen LogP contribution in [0.25, 0.3) is 20.9 Å². The highest BCUT2D eigenvalue weighted by Gasteiger charge is 2.10. The fourth-order valence-electron chi connectivity index (χ4n) is 2.52. The van der Waals surface area contributed by atoms with Crippen molar-refractivity contribution in [3.8, 4) is 5.75 Å². The summed E-state index contributed by atoms with van der Waals surface area (Å²) in [5, 5.41) is 25.7. The molecule has 0 aromatic heterocycles. The maximum atomic E-state index is 10.6. The van der Waals surface area contributed by atoms with E-state index >= 15 is 0 Å². The van der Waals surface area contributed by atoms with Crippen molar-refractivity contribution in [1.82, 2.24) is 0 Å². The topological polar surface area (TPSA) is 164 Å². The molecular weight excluding hydrogens is 364 g/mol. The quantitative estimate of drug-likeness (QED) is 0.338. The Labute approximate surface area is 160 Å². The number of azide groups is 2. The Bertz CT molecular complexity index is 918. The summed E-state index contributed by atoms with van der Waals surface area (Å²) < 4.78 is 5.70. The highest BCUT2D eigenvalue weighted by Crippen LogP contribution is 2.23. The van der Waals surface area contributed by atoms with Crippen LogP contribution in [-0.2, 0) is 17.9 Å². The average molecular weight is 382 g/mol. The Kier molecular flexibility index (Phi) is 7.68. The van der Waals surface area contributed by atoms with Gasteiger partial charge in [-0.05, 0) is 58.4 Å². The minimum absolute atomic E-state index is 0.112. The molecule has 0 radical (unpaired) electrons. The van der Waals surface area contributed by atoms with E-state index < -0.39 is 12.1 Å². The van der Waals surface area contributed by atoms with Crippen molar-refractivity contribution in [3.63, 3.8) is 0 Å². The lowest BCUT2D eigenvalue weighted by Gasteiger charge is -2.12. The van der Waals surface area contributed by atoms with Crippen molar-refractivity contribution >= 4 is 11.7 Å². The Morgan fingerprint density at radius 2 is 1.82 bits per heavy atom. The molecule has 0 aliphatic rings. The first-order valence-corrected chi connectivity index (χ1v) is 8.33. The molecule has 0 aliphatic carbocycles. The molecule has 10 heteroatoms. The second-order valence-corrected chi connectivity index (χ2v) is 5.89.